The SMILES string of the molecule is COc1c(C)c(O)c(Cc2c(O)c(C)c(OC)c(C(=O)CC(C)C)c2O)c(O)c1C(=O)CC(C)C. The number of carbonyl (C=O) groups excluding carboxylic acids is 2. The maximum atomic E-state index is 13.0. The van der Waals surface area contributed by atoms with Gasteiger partial charge in [0.1, 0.15) is 45.6 Å². The van der Waals surface area contributed by atoms with Crippen molar-refractivity contribution in [2.75, 3.05) is 14.2 Å². The summed E-state index contributed by atoms with van der Waals surface area (Å²) in [5.74, 6) is -2.30. The predicted octanol–water partition coefficient (Wildman–Crippen LogP) is 5.19. The first-order chi connectivity index (χ1) is 16.3. The lowest BCUT2D eigenvalue weighted by atomic mass is 9.88. The topological polar surface area (TPSA) is 134 Å². The Hall–Kier alpha value is -3.42. The second-order valence-electron chi connectivity index (χ2n) is 9.64. The van der Waals surface area contributed by atoms with Crippen LogP contribution in [0.2, 0.25) is 0 Å². The molecule has 0 saturated heterocycles. The highest BCUT2D eigenvalue weighted by Gasteiger charge is 2.31. The summed E-state index contributed by atoms with van der Waals surface area (Å²) < 4.78 is 10.7. The maximum Gasteiger partial charge on any atom is 0.170 e. The molecule has 2 aromatic carbocycles. The van der Waals surface area contributed by atoms with Gasteiger partial charge in [-0.2, -0.15) is 0 Å². The molecular formula is C27H36O8. The van der Waals surface area contributed by atoms with Gasteiger partial charge in [0.05, 0.1) is 14.2 Å². The standard InChI is InChI=1S/C27H36O8/c1-12(2)9-18(28)20-24(32)16(22(30)14(5)26(20)34-7)11-17-23(31)15(6)27(35-8)21(25(17)33)19(29)10-13(3)4/h12-13,30-33H,9-11H2,1-8H3. The smallest absolute Gasteiger partial charge is 0.170 e. The van der Waals surface area contributed by atoms with E-state index in [1.54, 1.807) is 13.8 Å². The van der Waals surface area contributed by atoms with Crippen molar-refractivity contribution in [1.29, 1.82) is 0 Å². The van der Waals surface area contributed by atoms with Crippen LogP contribution in [0, 0.1) is 25.7 Å². The highest BCUT2D eigenvalue weighted by Crippen LogP contribution is 2.48. The third-order valence-corrected chi connectivity index (χ3v) is 5.97. The van der Waals surface area contributed by atoms with Gasteiger partial charge >= 0.3 is 0 Å². The number of hydrogen-bond donors (Lipinski definition) is 4. The van der Waals surface area contributed by atoms with Crippen LogP contribution in [0.4, 0.5) is 0 Å². The summed E-state index contributed by atoms with van der Waals surface area (Å²) in [6, 6.07) is 0. The normalized spacial score (nSPS) is 11.3. The van der Waals surface area contributed by atoms with E-state index in [1.165, 1.54) is 14.2 Å². The maximum absolute atomic E-state index is 13.0. The Balaban J connectivity index is 2.82. The number of Topliss-reactive ketones (excluding diaryl/α,β-unsaturated/α-hetero) is 2. The van der Waals surface area contributed by atoms with Crippen molar-refractivity contribution < 1.29 is 39.5 Å². The number of ketones is 2. The minimum Gasteiger partial charge on any atom is -0.507 e. The third-order valence-electron chi connectivity index (χ3n) is 5.97. The highest BCUT2D eigenvalue weighted by molar-refractivity contribution is 6.04. The summed E-state index contributed by atoms with van der Waals surface area (Å²) in [4.78, 5) is 25.9. The van der Waals surface area contributed by atoms with Gasteiger partial charge in [0.25, 0.3) is 0 Å². The number of rotatable bonds is 10. The number of phenolic OH excluding ortho intramolecular Hbond substituents is 4. The number of ether oxygens (including phenoxy) is 2. The van der Waals surface area contributed by atoms with E-state index in [-0.39, 0.29) is 99.0 Å². The minimum atomic E-state index is -0.502. The van der Waals surface area contributed by atoms with Gasteiger partial charge < -0.3 is 29.9 Å². The molecule has 192 valence electrons. The number of phenols is 4. The summed E-state index contributed by atoms with van der Waals surface area (Å²) in [6.45, 7) is 10.5. The predicted molar refractivity (Wildman–Crippen MR) is 132 cm³/mol. The molecule has 2 rings (SSSR count). The first-order valence-corrected chi connectivity index (χ1v) is 11.6. The highest BCUT2D eigenvalue weighted by atomic mass is 16.5. The first-order valence-electron chi connectivity index (χ1n) is 11.6. The zero-order valence-electron chi connectivity index (χ0n) is 21.7. The fraction of sp³-hybridized carbons (Fsp3) is 0.481. The fourth-order valence-electron chi connectivity index (χ4n) is 4.27. The van der Waals surface area contributed by atoms with Crippen LogP contribution in [-0.2, 0) is 6.42 Å². The van der Waals surface area contributed by atoms with Gasteiger partial charge in [-0.15, -0.1) is 0 Å². The van der Waals surface area contributed by atoms with Crippen LogP contribution < -0.4 is 9.47 Å². The zero-order chi connectivity index (χ0) is 26.8. The quantitative estimate of drug-likeness (QED) is 0.336. The van der Waals surface area contributed by atoms with Crippen molar-refractivity contribution in [3.8, 4) is 34.5 Å². The van der Waals surface area contributed by atoms with Crippen molar-refractivity contribution in [2.45, 2.75) is 60.8 Å². The van der Waals surface area contributed by atoms with E-state index in [1.807, 2.05) is 27.7 Å². The molecule has 0 saturated carbocycles. The van der Waals surface area contributed by atoms with Crippen molar-refractivity contribution in [3.63, 3.8) is 0 Å². The monoisotopic (exact) mass is 488 g/mol. The van der Waals surface area contributed by atoms with E-state index < -0.39 is 11.5 Å². The summed E-state index contributed by atoms with van der Waals surface area (Å²) in [5.41, 5.74) is 0.153. The lowest BCUT2D eigenvalue weighted by molar-refractivity contribution is 0.0952. The molecule has 0 unspecified atom stereocenters. The van der Waals surface area contributed by atoms with Crippen LogP contribution in [0.3, 0.4) is 0 Å². The Morgan fingerprint density at radius 3 is 1.23 bits per heavy atom. The van der Waals surface area contributed by atoms with E-state index in [0.29, 0.717) is 0 Å². The molecule has 0 aliphatic heterocycles. The van der Waals surface area contributed by atoms with Crippen molar-refractivity contribution in [3.05, 3.63) is 33.4 Å². The van der Waals surface area contributed by atoms with Gasteiger partial charge in [-0.3, -0.25) is 9.59 Å². The number of benzene rings is 2. The van der Waals surface area contributed by atoms with E-state index in [2.05, 4.69) is 0 Å². The van der Waals surface area contributed by atoms with Crippen LogP contribution in [0.5, 0.6) is 34.5 Å². The second-order valence-corrected chi connectivity index (χ2v) is 9.64. The van der Waals surface area contributed by atoms with Crippen LogP contribution in [0.1, 0.15) is 83.5 Å². The Labute approximate surface area is 206 Å². The number of carbonyl (C=O) groups is 2. The fourth-order valence-corrected chi connectivity index (χ4v) is 4.27. The molecule has 8 nitrogen and oxygen atoms in total. The molecule has 0 heterocycles. The molecule has 0 amide bonds. The second kappa shape index (κ2) is 10.9. The zero-order valence-corrected chi connectivity index (χ0v) is 21.7. The molecule has 0 bridgehead atoms. The van der Waals surface area contributed by atoms with Crippen LogP contribution in [0.15, 0.2) is 0 Å². The molecule has 8 heteroatoms. The largest absolute Gasteiger partial charge is 0.507 e. The van der Waals surface area contributed by atoms with Crippen molar-refractivity contribution in [2.24, 2.45) is 11.8 Å². The van der Waals surface area contributed by atoms with Gasteiger partial charge in [-0.05, 0) is 25.7 Å². The number of hydrogen-bond acceptors (Lipinski definition) is 8. The lowest BCUT2D eigenvalue weighted by Crippen LogP contribution is -2.11. The Morgan fingerprint density at radius 1 is 0.657 bits per heavy atom. The molecule has 0 atom stereocenters. The molecule has 0 aliphatic carbocycles. The van der Waals surface area contributed by atoms with Gasteiger partial charge in [0.15, 0.2) is 11.6 Å². The summed E-state index contributed by atoms with van der Waals surface area (Å²) in [5, 5.41) is 43.9. The molecule has 2 aromatic rings. The van der Waals surface area contributed by atoms with Crippen LogP contribution >= 0.6 is 0 Å². The Morgan fingerprint density at radius 2 is 0.971 bits per heavy atom. The van der Waals surface area contributed by atoms with Crippen molar-refractivity contribution in [1.82, 2.24) is 0 Å². The molecule has 0 radical (unpaired) electrons. The van der Waals surface area contributed by atoms with Gasteiger partial charge in [0, 0.05) is 41.5 Å². The molecular weight excluding hydrogens is 452 g/mol. The van der Waals surface area contributed by atoms with E-state index in [4.69, 9.17) is 9.47 Å². The Bertz CT molecular complexity index is 1060. The average Bonchev–Trinajstić information content (AvgIpc) is 2.76. The number of aromatic hydroxyl groups is 4. The molecule has 0 spiro atoms. The summed E-state index contributed by atoms with van der Waals surface area (Å²) >= 11 is 0. The minimum absolute atomic E-state index is 0.0102. The van der Waals surface area contributed by atoms with Gasteiger partial charge in [-0.25, -0.2) is 0 Å². The van der Waals surface area contributed by atoms with Gasteiger partial charge in [0.2, 0.25) is 0 Å². The average molecular weight is 489 g/mol. The van der Waals surface area contributed by atoms with Crippen molar-refractivity contribution >= 4 is 11.6 Å². The summed E-state index contributed by atoms with van der Waals surface area (Å²) in [7, 11) is 2.67. The van der Waals surface area contributed by atoms with Gasteiger partial charge in [-0.1, -0.05) is 27.7 Å². The molecule has 0 aliphatic rings. The number of methoxy groups -OCH3 is 2. The third kappa shape index (κ3) is 5.31. The van der Waals surface area contributed by atoms with E-state index in [0.717, 1.165) is 0 Å². The molecule has 0 fully saturated rings. The lowest BCUT2D eigenvalue weighted by Gasteiger charge is -2.21. The van der Waals surface area contributed by atoms with E-state index >= 15 is 0 Å². The Kier molecular flexibility index (Phi) is 8.65. The van der Waals surface area contributed by atoms with E-state index in [9.17, 15) is 30.0 Å². The first kappa shape index (κ1) is 27.8. The summed E-state index contributed by atoms with van der Waals surface area (Å²) in [6.07, 6.45) is -0.0753. The molecule has 35 heavy (non-hydrogen) atoms. The van der Waals surface area contributed by atoms with Crippen LogP contribution in [0.25, 0.3) is 0 Å². The molecule has 0 aromatic heterocycles. The van der Waals surface area contributed by atoms with Crippen LogP contribution in [-0.4, -0.2) is 46.2 Å². The molecule has 4 N–H and O–H groups in total.